The number of rotatable bonds is 11. The number of hydrogen-bond donors (Lipinski definition) is 2. The van der Waals surface area contributed by atoms with E-state index in [0.717, 1.165) is 88.1 Å². The Morgan fingerprint density at radius 2 is 1.56 bits per heavy atom. The van der Waals surface area contributed by atoms with E-state index >= 15 is 0 Å². The molecular formula is C36H42N4O4S. The average molecular weight is 627 g/mol. The molecule has 8 nitrogen and oxygen atoms in total. The summed E-state index contributed by atoms with van der Waals surface area (Å²) in [5, 5.41) is 4.92. The number of carbonyl (C=O) groups is 1. The van der Waals surface area contributed by atoms with Crippen molar-refractivity contribution in [2.45, 2.75) is 30.6 Å². The van der Waals surface area contributed by atoms with Crippen molar-refractivity contribution in [2.75, 3.05) is 62.1 Å². The van der Waals surface area contributed by atoms with Crippen molar-refractivity contribution in [3.63, 3.8) is 0 Å². The molecule has 236 valence electrons. The van der Waals surface area contributed by atoms with Gasteiger partial charge in [0, 0.05) is 44.1 Å². The van der Waals surface area contributed by atoms with Crippen molar-refractivity contribution >= 4 is 38.1 Å². The summed E-state index contributed by atoms with van der Waals surface area (Å²) < 4.78 is 35.0. The fraction of sp³-hybridized carbons (Fsp3) is 0.361. The van der Waals surface area contributed by atoms with Crippen LogP contribution in [0.25, 0.3) is 10.8 Å². The summed E-state index contributed by atoms with van der Waals surface area (Å²) in [6, 6.07) is 28.7. The van der Waals surface area contributed by atoms with E-state index in [1.54, 1.807) is 24.3 Å². The van der Waals surface area contributed by atoms with Gasteiger partial charge in [0.2, 0.25) is 0 Å². The van der Waals surface area contributed by atoms with E-state index in [0.29, 0.717) is 23.7 Å². The second-order valence-electron chi connectivity index (χ2n) is 12.0. The molecule has 2 fully saturated rings. The number of sulfonamides is 1. The zero-order chi connectivity index (χ0) is 31.1. The second kappa shape index (κ2) is 14.5. The van der Waals surface area contributed by atoms with Crippen LogP contribution in [-0.4, -0.2) is 71.7 Å². The second-order valence-corrected chi connectivity index (χ2v) is 13.7. The first-order chi connectivity index (χ1) is 21.9. The Bertz CT molecular complexity index is 1700. The number of hydrogen-bond acceptors (Lipinski definition) is 6. The lowest BCUT2D eigenvalue weighted by Crippen LogP contribution is -2.38. The molecule has 2 aliphatic rings. The molecule has 45 heavy (non-hydrogen) atoms. The molecule has 0 spiro atoms. The van der Waals surface area contributed by atoms with Gasteiger partial charge in [0.25, 0.3) is 15.9 Å². The molecular weight excluding hydrogens is 584 g/mol. The van der Waals surface area contributed by atoms with Crippen LogP contribution in [0, 0.1) is 5.92 Å². The van der Waals surface area contributed by atoms with E-state index in [9.17, 15) is 13.2 Å². The van der Waals surface area contributed by atoms with E-state index in [1.165, 1.54) is 5.56 Å². The first-order valence-electron chi connectivity index (χ1n) is 16.0. The molecule has 0 saturated carbocycles. The number of ether oxygens (including phenoxy) is 1. The molecule has 2 N–H and O–H groups in total. The minimum atomic E-state index is -3.87. The molecule has 0 aromatic heterocycles. The number of piperidine rings is 1. The predicted molar refractivity (Wildman–Crippen MR) is 180 cm³/mol. The van der Waals surface area contributed by atoms with Gasteiger partial charge in [0.15, 0.2) is 0 Å². The van der Waals surface area contributed by atoms with Crippen LogP contribution >= 0.6 is 0 Å². The van der Waals surface area contributed by atoms with Crippen LogP contribution in [0.2, 0.25) is 0 Å². The molecule has 0 aliphatic carbocycles. The zero-order valence-electron chi connectivity index (χ0n) is 25.7. The minimum absolute atomic E-state index is 0.180. The van der Waals surface area contributed by atoms with Crippen molar-refractivity contribution in [2.24, 2.45) is 5.92 Å². The van der Waals surface area contributed by atoms with Gasteiger partial charge < -0.3 is 15.0 Å². The molecule has 2 heterocycles. The summed E-state index contributed by atoms with van der Waals surface area (Å²) in [6.45, 7) is 6.46. The van der Waals surface area contributed by atoms with E-state index < -0.39 is 10.0 Å². The maximum atomic E-state index is 13.7. The molecule has 4 aromatic carbocycles. The summed E-state index contributed by atoms with van der Waals surface area (Å²) in [4.78, 5) is 18.5. The van der Waals surface area contributed by atoms with E-state index in [4.69, 9.17) is 4.74 Å². The van der Waals surface area contributed by atoms with Crippen molar-refractivity contribution < 1.29 is 17.9 Å². The van der Waals surface area contributed by atoms with Gasteiger partial charge >= 0.3 is 0 Å². The quantitative estimate of drug-likeness (QED) is 0.212. The Labute approximate surface area is 266 Å². The Hall–Kier alpha value is -3.92. The molecule has 6 rings (SSSR count). The number of carbonyl (C=O) groups excluding carboxylic acids is 1. The number of amides is 1. The number of nitrogens with zero attached hydrogens (tertiary/aromatic N) is 2. The molecule has 0 radical (unpaired) electrons. The topological polar surface area (TPSA) is 91.0 Å². The maximum absolute atomic E-state index is 13.7. The van der Waals surface area contributed by atoms with Crippen molar-refractivity contribution in [3.8, 4) is 0 Å². The van der Waals surface area contributed by atoms with Crippen LogP contribution < -0.4 is 14.9 Å². The number of anilines is 2. The molecule has 0 atom stereocenters. The lowest BCUT2D eigenvalue weighted by molar-refractivity contribution is 0.0374. The van der Waals surface area contributed by atoms with Crippen LogP contribution in [0.15, 0.2) is 95.9 Å². The first-order valence-corrected chi connectivity index (χ1v) is 17.5. The van der Waals surface area contributed by atoms with Crippen molar-refractivity contribution in [1.82, 2.24) is 10.2 Å². The third kappa shape index (κ3) is 8.03. The highest BCUT2D eigenvalue weighted by Gasteiger charge is 2.25. The minimum Gasteiger partial charge on any atom is -0.379 e. The van der Waals surface area contributed by atoms with Gasteiger partial charge in [0.05, 0.1) is 23.7 Å². The molecule has 0 bridgehead atoms. The van der Waals surface area contributed by atoms with Crippen LogP contribution in [0.1, 0.15) is 35.2 Å². The summed E-state index contributed by atoms with van der Waals surface area (Å²) in [6.07, 6.45) is 3.96. The monoisotopic (exact) mass is 626 g/mol. The van der Waals surface area contributed by atoms with Gasteiger partial charge in [-0.2, -0.15) is 0 Å². The predicted octanol–water partition coefficient (Wildman–Crippen LogP) is 5.55. The van der Waals surface area contributed by atoms with Gasteiger partial charge in [-0.15, -0.1) is 0 Å². The summed E-state index contributed by atoms with van der Waals surface area (Å²) in [7, 11) is -3.87. The van der Waals surface area contributed by atoms with Gasteiger partial charge in [-0.25, -0.2) is 8.42 Å². The number of nitrogens with one attached hydrogen (secondary N) is 2. The van der Waals surface area contributed by atoms with E-state index in [-0.39, 0.29) is 10.8 Å². The van der Waals surface area contributed by atoms with Gasteiger partial charge in [-0.05, 0) is 84.8 Å². The van der Waals surface area contributed by atoms with Crippen molar-refractivity contribution in [1.29, 1.82) is 0 Å². The molecule has 0 unspecified atom stereocenters. The molecule has 1 amide bonds. The standard InChI is InChI=1S/C36H42N4O4S/c41-36(37-17-6-18-39-21-23-44-24-22-39)34-27-32(38-45(42,43)33-13-11-30-9-4-5-10-31(30)26-33)12-14-35(34)40-19-15-29(16-20-40)25-28-7-2-1-3-8-28/h1-5,7-14,26-27,29,38H,6,15-25H2,(H,37,41). The normalized spacial score (nSPS) is 16.5. The summed E-state index contributed by atoms with van der Waals surface area (Å²) in [5.41, 5.74) is 3.05. The Kier molecular flexibility index (Phi) is 9.98. The number of fused-ring (bicyclic) bond motifs is 1. The SMILES string of the molecule is O=C(NCCCN1CCOCC1)c1cc(NS(=O)(=O)c2ccc3ccccc3c2)ccc1N1CCC(Cc2ccccc2)CC1. The van der Waals surface area contributed by atoms with Crippen LogP contribution in [0.3, 0.4) is 0 Å². The largest absolute Gasteiger partial charge is 0.379 e. The molecule has 2 aliphatic heterocycles. The first kappa shape index (κ1) is 31.1. The lowest BCUT2D eigenvalue weighted by Gasteiger charge is -2.35. The highest BCUT2D eigenvalue weighted by atomic mass is 32.2. The maximum Gasteiger partial charge on any atom is 0.261 e. The average Bonchev–Trinajstić information content (AvgIpc) is 3.07. The Morgan fingerprint density at radius 1 is 0.822 bits per heavy atom. The van der Waals surface area contributed by atoms with Crippen LogP contribution in [0.4, 0.5) is 11.4 Å². The third-order valence-electron chi connectivity index (χ3n) is 8.89. The Morgan fingerprint density at radius 3 is 2.33 bits per heavy atom. The smallest absolute Gasteiger partial charge is 0.261 e. The Balaban J connectivity index is 1.17. The molecule has 9 heteroatoms. The lowest BCUT2D eigenvalue weighted by atomic mass is 9.89. The van der Waals surface area contributed by atoms with E-state index in [1.807, 2.05) is 42.5 Å². The highest BCUT2D eigenvalue weighted by molar-refractivity contribution is 7.92. The van der Waals surface area contributed by atoms with Gasteiger partial charge in [0.1, 0.15) is 0 Å². The molecule has 4 aromatic rings. The zero-order valence-corrected chi connectivity index (χ0v) is 26.5. The van der Waals surface area contributed by atoms with E-state index in [2.05, 4.69) is 44.1 Å². The van der Waals surface area contributed by atoms with Gasteiger partial charge in [-0.3, -0.25) is 14.4 Å². The molecule has 2 saturated heterocycles. The fourth-order valence-corrected chi connectivity index (χ4v) is 7.44. The number of morpholine rings is 1. The van der Waals surface area contributed by atoms with Crippen LogP contribution in [-0.2, 0) is 21.2 Å². The number of benzene rings is 4. The van der Waals surface area contributed by atoms with Gasteiger partial charge in [-0.1, -0.05) is 60.7 Å². The summed E-state index contributed by atoms with van der Waals surface area (Å²) in [5.74, 6) is 0.402. The van der Waals surface area contributed by atoms with Crippen LogP contribution in [0.5, 0.6) is 0 Å². The summed E-state index contributed by atoms with van der Waals surface area (Å²) >= 11 is 0. The third-order valence-corrected chi connectivity index (χ3v) is 10.3. The fourth-order valence-electron chi connectivity index (χ4n) is 6.36. The highest BCUT2D eigenvalue weighted by Crippen LogP contribution is 2.31. The van der Waals surface area contributed by atoms with Crippen molar-refractivity contribution in [3.05, 3.63) is 102 Å².